The lowest BCUT2D eigenvalue weighted by atomic mass is 10.1. The van der Waals surface area contributed by atoms with E-state index in [4.69, 9.17) is 4.74 Å². The van der Waals surface area contributed by atoms with Crippen LogP contribution in [0.3, 0.4) is 0 Å². The molecule has 4 aromatic rings. The van der Waals surface area contributed by atoms with Crippen molar-refractivity contribution in [2.45, 2.75) is 38.3 Å². The van der Waals surface area contributed by atoms with Gasteiger partial charge in [0.15, 0.2) is 11.2 Å². The van der Waals surface area contributed by atoms with Gasteiger partial charge in [-0.05, 0) is 30.5 Å². The van der Waals surface area contributed by atoms with E-state index < -0.39 is 0 Å². The van der Waals surface area contributed by atoms with Crippen molar-refractivity contribution in [2.75, 3.05) is 19.0 Å². The fraction of sp³-hybridized carbons (Fsp3) is 0.381. The molecule has 0 bridgehead atoms. The van der Waals surface area contributed by atoms with E-state index in [1.165, 1.54) is 25.7 Å². The SMILES string of the molecule is COCCn1cc(-c2ccc(-n3nnc4cnc(NC5CCCC5)nc43)cc2)cn1. The van der Waals surface area contributed by atoms with Crippen molar-refractivity contribution < 1.29 is 4.74 Å². The minimum absolute atomic E-state index is 0.455. The highest BCUT2D eigenvalue weighted by Gasteiger charge is 2.17. The molecule has 9 nitrogen and oxygen atoms in total. The van der Waals surface area contributed by atoms with Gasteiger partial charge in [-0.2, -0.15) is 14.8 Å². The van der Waals surface area contributed by atoms with Crippen molar-refractivity contribution in [1.29, 1.82) is 0 Å². The van der Waals surface area contributed by atoms with Crippen molar-refractivity contribution in [3.63, 3.8) is 0 Å². The summed E-state index contributed by atoms with van der Waals surface area (Å²) in [5, 5.41) is 16.3. The van der Waals surface area contributed by atoms with Crippen LogP contribution in [-0.2, 0) is 11.3 Å². The number of benzene rings is 1. The number of nitrogens with zero attached hydrogens (tertiary/aromatic N) is 7. The van der Waals surface area contributed by atoms with Gasteiger partial charge in [-0.15, -0.1) is 5.10 Å². The van der Waals surface area contributed by atoms with E-state index in [0.717, 1.165) is 23.4 Å². The van der Waals surface area contributed by atoms with Gasteiger partial charge in [0.25, 0.3) is 0 Å². The van der Waals surface area contributed by atoms with Gasteiger partial charge in [0.1, 0.15) is 0 Å². The maximum Gasteiger partial charge on any atom is 0.225 e. The first kappa shape index (κ1) is 18.7. The number of ether oxygens (including phenoxy) is 1. The maximum atomic E-state index is 5.11. The molecular weight excluding hydrogens is 380 g/mol. The molecule has 3 heterocycles. The maximum absolute atomic E-state index is 5.11. The lowest BCUT2D eigenvalue weighted by Gasteiger charge is -2.11. The summed E-state index contributed by atoms with van der Waals surface area (Å²) in [4.78, 5) is 9.08. The number of aromatic nitrogens is 7. The highest BCUT2D eigenvalue weighted by atomic mass is 16.5. The summed E-state index contributed by atoms with van der Waals surface area (Å²) in [5.74, 6) is 0.637. The Labute approximate surface area is 174 Å². The van der Waals surface area contributed by atoms with Gasteiger partial charge in [-0.1, -0.05) is 30.2 Å². The topological polar surface area (TPSA) is 95.6 Å². The second-order valence-electron chi connectivity index (χ2n) is 7.56. The van der Waals surface area contributed by atoms with Gasteiger partial charge in [-0.3, -0.25) is 4.68 Å². The van der Waals surface area contributed by atoms with Crippen molar-refractivity contribution in [3.8, 4) is 16.8 Å². The molecule has 30 heavy (non-hydrogen) atoms. The average molecular weight is 404 g/mol. The Morgan fingerprint density at radius 3 is 2.73 bits per heavy atom. The number of hydrogen-bond acceptors (Lipinski definition) is 7. The number of methoxy groups -OCH3 is 1. The van der Waals surface area contributed by atoms with Crippen molar-refractivity contribution in [2.24, 2.45) is 0 Å². The molecule has 1 aliphatic rings. The predicted octanol–water partition coefficient (Wildman–Crippen LogP) is 3.07. The lowest BCUT2D eigenvalue weighted by molar-refractivity contribution is 0.183. The summed E-state index contributed by atoms with van der Waals surface area (Å²) in [5.41, 5.74) is 4.43. The first-order chi connectivity index (χ1) is 14.8. The average Bonchev–Trinajstić information content (AvgIpc) is 3.53. The molecule has 9 heteroatoms. The summed E-state index contributed by atoms with van der Waals surface area (Å²) in [6.45, 7) is 1.37. The Morgan fingerprint density at radius 2 is 1.93 bits per heavy atom. The van der Waals surface area contributed by atoms with Gasteiger partial charge >= 0.3 is 0 Å². The third-order valence-corrected chi connectivity index (χ3v) is 5.48. The van der Waals surface area contributed by atoms with Crippen LogP contribution in [0.15, 0.2) is 42.9 Å². The Morgan fingerprint density at radius 1 is 1.10 bits per heavy atom. The van der Waals surface area contributed by atoms with Crippen LogP contribution in [0.1, 0.15) is 25.7 Å². The van der Waals surface area contributed by atoms with Crippen LogP contribution in [0.25, 0.3) is 28.0 Å². The third-order valence-electron chi connectivity index (χ3n) is 5.48. The number of fused-ring (bicyclic) bond motifs is 1. The highest BCUT2D eigenvalue weighted by molar-refractivity contribution is 5.72. The van der Waals surface area contributed by atoms with Gasteiger partial charge in [-0.25, -0.2) is 4.98 Å². The molecule has 1 aromatic carbocycles. The number of nitrogens with one attached hydrogen (secondary N) is 1. The molecule has 0 aliphatic heterocycles. The molecule has 0 amide bonds. The molecule has 5 rings (SSSR count). The van der Waals surface area contributed by atoms with Crippen LogP contribution in [-0.4, -0.2) is 54.5 Å². The molecule has 1 fully saturated rings. The van der Waals surface area contributed by atoms with Gasteiger partial charge in [0.2, 0.25) is 5.95 Å². The number of rotatable bonds is 7. The van der Waals surface area contributed by atoms with Crippen LogP contribution in [0.4, 0.5) is 5.95 Å². The van der Waals surface area contributed by atoms with Crippen LogP contribution in [0.5, 0.6) is 0 Å². The van der Waals surface area contributed by atoms with E-state index in [1.54, 1.807) is 18.0 Å². The zero-order chi connectivity index (χ0) is 20.3. The lowest BCUT2D eigenvalue weighted by Crippen LogP contribution is -2.16. The van der Waals surface area contributed by atoms with Crippen molar-refractivity contribution in [1.82, 2.24) is 34.7 Å². The van der Waals surface area contributed by atoms with Crippen molar-refractivity contribution in [3.05, 3.63) is 42.9 Å². The zero-order valence-corrected chi connectivity index (χ0v) is 16.9. The Balaban J connectivity index is 1.38. The van der Waals surface area contributed by atoms with Gasteiger partial charge in [0.05, 0.1) is 31.2 Å². The van der Waals surface area contributed by atoms with E-state index in [2.05, 4.69) is 42.8 Å². The Kier molecular flexibility index (Phi) is 5.10. The molecule has 154 valence electrons. The van der Waals surface area contributed by atoms with E-state index >= 15 is 0 Å². The van der Waals surface area contributed by atoms with E-state index in [0.29, 0.717) is 29.8 Å². The first-order valence-corrected chi connectivity index (χ1v) is 10.3. The molecule has 0 atom stereocenters. The molecule has 1 aliphatic carbocycles. The number of anilines is 1. The molecule has 0 unspecified atom stereocenters. The van der Waals surface area contributed by atoms with Crippen LogP contribution < -0.4 is 5.32 Å². The van der Waals surface area contributed by atoms with Gasteiger partial charge < -0.3 is 10.1 Å². The Hall–Kier alpha value is -3.33. The molecule has 1 saturated carbocycles. The molecule has 1 N–H and O–H groups in total. The standard InChI is InChI=1S/C21H24N8O/c1-30-11-10-28-14-16(12-23-28)15-6-8-18(9-7-15)29-20-19(26-27-29)13-22-21(25-20)24-17-4-2-3-5-17/h6-9,12-14,17H,2-5,10-11H2,1H3,(H,22,24,25). The smallest absolute Gasteiger partial charge is 0.225 e. The predicted molar refractivity (Wildman–Crippen MR) is 113 cm³/mol. The number of hydrogen-bond donors (Lipinski definition) is 1. The Bertz CT molecular complexity index is 1130. The fourth-order valence-electron chi connectivity index (χ4n) is 3.84. The zero-order valence-electron chi connectivity index (χ0n) is 16.9. The monoisotopic (exact) mass is 404 g/mol. The molecule has 3 aromatic heterocycles. The summed E-state index contributed by atoms with van der Waals surface area (Å²) >= 11 is 0. The van der Waals surface area contributed by atoms with Crippen molar-refractivity contribution >= 4 is 17.1 Å². The van der Waals surface area contributed by atoms with Crippen LogP contribution >= 0.6 is 0 Å². The molecular formula is C21H24N8O. The van der Waals surface area contributed by atoms with E-state index in [9.17, 15) is 0 Å². The van der Waals surface area contributed by atoms with Crippen LogP contribution in [0.2, 0.25) is 0 Å². The molecule has 0 radical (unpaired) electrons. The molecule has 0 saturated heterocycles. The van der Waals surface area contributed by atoms with Crippen LogP contribution in [0, 0.1) is 0 Å². The molecule has 0 spiro atoms. The van der Waals surface area contributed by atoms with Gasteiger partial charge in [0, 0.05) is 24.9 Å². The quantitative estimate of drug-likeness (QED) is 0.506. The largest absolute Gasteiger partial charge is 0.383 e. The van der Waals surface area contributed by atoms with E-state index in [-0.39, 0.29) is 0 Å². The summed E-state index contributed by atoms with van der Waals surface area (Å²) in [6, 6.07) is 8.60. The summed E-state index contributed by atoms with van der Waals surface area (Å²) < 4.78 is 8.74. The second-order valence-corrected chi connectivity index (χ2v) is 7.56. The normalized spacial score (nSPS) is 14.6. The summed E-state index contributed by atoms with van der Waals surface area (Å²) in [6.07, 6.45) is 10.5. The van der Waals surface area contributed by atoms with E-state index in [1.807, 2.05) is 29.2 Å². The minimum atomic E-state index is 0.455. The summed E-state index contributed by atoms with van der Waals surface area (Å²) in [7, 11) is 1.69. The first-order valence-electron chi connectivity index (χ1n) is 10.3. The second kappa shape index (κ2) is 8.19. The minimum Gasteiger partial charge on any atom is -0.383 e. The third kappa shape index (κ3) is 3.76. The fourth-order valence-corrected chi connectivity index (χ4v) is 3.84. The highest BCUT2D eigenvalue weighted by Crippen LogP contribution is 2.23.